The first-order valence-corrected chi connectivity index (χ1v) is 12.5. The number of esters is 3. The van der Waals surface area contributed by atoms with Crippen LogP contribution in [0.5, 0.6) is 0 Å². The number of benzene rings is 4. The molecule has 0 saturated heterocycles. The first-order valence-electron chi connectivity index (χ1n) is 12.5. The second-order valence-corrected chi connectivity index (χ2v) is 9.11. The zero-order chi connectivity index (χ0) is 30.1. The van der Waals surface area contributed by atoms with Crippen molar-refractivity contribution >= 4 is 23.9 Å². The summed E-state index contributed by atoms with van der Waals surface area (Å²) in [5, 5.41) is 9.13. The highest BCUT2D eigenvalue weighted by Gasteiger charge is 2.15. The molecule has 0 bridgehead atoms. The lowest BCUT2D eigenvalue weighted by atomic mass is 9.99. The lowest BCUT2D eigenvalue weighted by Crippen LogP contribution is -2.07. The van der Waals surface area contributed by atoms with E-state index in [0.29, 0.717) is 16.7 Å². The third-order valence-electron chi connectivity index (χ3n) is 6.15. The molecule has 0 heterocycles. The first-order chi connectivity index (χ1) is 19.6. The Morgan fingerprint density at radius 2 is 0.756 bits per heavy atom. The van der Waals surface area contributed by atoms with Crippen LogP contribution < -0.4 is 0 Å². The maximum absolute atomic E-state index is 11.7. The maximum Gasteiger partial charge on any atom is 0.337 e. The van der Waals surface area contributed by atoms with Gasteiger partial charge >= 0.3 is 23.9 Å². The lowest BCUT2D eigenvalue weighted by Gasteiger charge is -2.08. The van der Waals surface area contributed by atoms with Crippen LogP contribution in [0.15, 0.2) is 84.9 Å². The largest absolute Gasteiger partial charge is 0.478 e. The minimum Gasteiger partial charge on any atom is -0.478 e. The Morgan fingerprint density at radius 3 is 1.05 bits per heavy atom. The van der Waals surface area contributed by atoms with E-state index in [1.807, 2.05) is 62.4 Å². The number of carbonyl (C=O) groups excluding carboxylic acids is 3. The van der Waals surface area contributed by atoms with E-state index in [9.17, 15) is 19.2 Å². The fraction of sp³-hybridized carbons (Fsp3) is 0.152. The predicted molar refractivity (Wildman–Crippen MR) is 154 cm³/mol. The minimum atomic E-state index is -1.08. The van der Waals surface area contributed by atoms with E-state index in [1.165, 1.54) is 33.5 Å². The molecule has 8 heteroatoms. The summed E-state index contributed by atoms with van der Waals surface area (Å²) in [4.78, 5) is 46.2. The Labute approximate surface area is 238 Å². The first kappa shape index (κ1) is 30.3. The molecule has 210 valence electrons. The number of ether oxygens (including phenoxy) is 3. The van der Waals surface area contributed by atoms with Crippen molar-refractivity contribution in [3.05, 3.63) is 118 Å². The second kappa shape index (κ2) is 13.7. The van der Waals surface area contributed by atoms with Crippen molar-refractivity contribution < 1.29 is 38.5 Å². The molecular formula is C33H30O8. The van der Waals surface area contributed by atoms with Crippen LogP contribution >= 0.6 is 0 Å². The van der Waals surface area contributed by atoms with Crippen molar-refractivity contribution in [2.24, 2.45) is 0 Å². The molecule has 4 rings (SSSR count). The van der Waals surface area contributed by atoms with Gasteiger partial charge in [-0.25, -0.2) is 19.2 Å². The summed E-state index contributed by atoms with van der Waals surface area (Å²) in [7, 11) is 3.87. The molecule has 8 nitrogen and oxygen atoms in total. The zero-order valence-corrected chi connectivity index (χ0v) is 23.4. The van der Waals surface area contributed by atoms with E-state index in [2.05, 4.69) is 4.74 Å². The summed E-state index contributed by atoms with van der Waals surface area (Å²) in [6, 6.07) is 24.8. The Morgan fingerprint density at radius 1 is 0.463 bits per heavy atom. The molecule has 0 aliphatic carbocycles. The van der Waals surface area contributed by atoms with Gasteiger partial charge in [0.1, 0.15) is 0 Å². The van der Waals surface area contributed by atoms with Crippen molar-refractivity contribution in [3.8, 4) is 22.3 Å². The number of aryl methyl sites for hydroxylation is 2. The third-order valence-corrected chi connectivity index (χ3v) is 6.15. The zero-order valence-electron chi connectivity index (χ0n) is 23.4. The molecule has 0 fully saturated rings. The summed E-state index contributed by atoms with van der Waals surface area (Å²) in [5.41, 5.74) is 6.36. The molecule has 0 aliphatic heterocycles. The van der Waals surface area contributed by atoms with Gasteiger partial charge in [0.2, 0.25) is 0 Å². The fourth-order valence-corrected chi connectivity index (χ4v) is 3.91. The van der Waals surface area contributed by atoms with E-state index in [-0.39, 0.29) is 11.1 Å². The standard InChI is InChI=1S/C17H16O4.C16H14O4/c1-11-4-6-12(7-5-11)13-8-14(16(18)20-2)10-15(9-13)17(19)21-3;1-10-3-5-11(6-4-10)12-7-13(15(17)18)9-14(8-12)16(19)20-2/h4-10H,1-3H3;3-9H,1-2H3,(H,17,18). The lowest BCUT2D eigenvalue weighted by molar-refractivity contribution is 0.0586. The number of hydrogen-bond acceptors (Lipinski definition) is 7. The highest BCUT2D eigenvalue weighted by molar-refractivity contribution is 5.98. The summed E-state index contributed by atoms with van der Waals surface area (Å²) in [5.74, 6) is -2.62. The molecule has 4 aromatic carbocycles. The van der Waals surface area contributed by atoms with E-state index in [4.69, 9.17) is 14.6 Å². The SMILES string of the molecule is COC(=O)c1cc(C(=O)O)cc(-c2ccc(C)cc2)c1.COC(=O)c1cc(C(=O)OC)cc(-c2ccc(C)cc2)c1. The molecule has 0 saturated carbocycles. The van der Waals surface area contributed by atoms with E-state index in [0.717, 1.165) is 27.8 Å². The second-order valence-electron chi connectivity index (χ2n) is 9.11. The number of rotatable bonds is 6. The van der Waals surface area contributed by atoms with Crippen molar-refractivity contribution in [1.82, 2.24) is 0 Å². The van der Waals surface area contributed by atoms with Gasteiger partial charge in [-0.05, 0) is 72.5 Å². The highest BCUT2D eigenvalue weighted by atomic mass is 16.5. The Hall–Kier alpha value is -5.24. The van der Waals surface area contributed by atoms with Gasteiger partial charge in [0.15, 0.2) is 0 Å². The Bertz CT molecular complexity index is 1530. The van der Waals surface area contributed by atoms with Crippen molar-refractivity contribution in [2.45, 2.75) is 13.8 Å². The minimum absolute atomic E-state index is 0.0588. The van der Waals surface area contributed by atoms with Crippen LogP contribution in [0.1, 0.15) is 52.6 Å². The van der Waals surface area contributed by atoms with Crippen LogP contribution in [-0.2, 0) is 14.2 Å². The Kier molecular flexibility index (Phi) is 10.1. The van der Waals surface area contributed by atoms with Gasteiger partial charge in [-0.2, -0.15) is 0 Å². The molecule has 0 spiro atoms. The molecule has 4 aromatic rings. The number of carboxylic acid groups (broad SMARTS) is 1. The van der Waals surface area contributed by atoms with Crippen molar-refractivity contribution in [1.29, 1.82) is 0 Å². The van der Waals surface area contributed by atoms with Gasteiger partial charge < -0.3 is 19.3 Å². The third kappa shape index (κ3) is 7.89. The van der Waals surface area contributed by atoms with Crippen molar-refractivity contribution in [3.63, 3.8) is 0 Å². The van der Waals surface area contributed by atoms with Crippen LogP contribution in [0.4, 0.5) is 0 Å². The predicted octanol–water partition coefficient (Wildman–Crippen LogP) is 6.38. The number of aromatic carboxylic acids is 1. The van der Waals surface area contributed by atoms with Gasteiger partial charge in [-0.15, -0.1) is 0 Å². The number of hydrogen-bond donors (Lipinski definition) is 1. The fourth-order valence-electron chi connectivity index (χ4n) is 3.91. The van der Waals surface area contributed by atoms with Gasteiger partial charge in [-0.1, -0.05) is 59.7 Å². The summed E-state index contributed by atoms with van der Waals surface area (Å²) in [6.45, 7) is 3.96. The van der Waals surface area contributed by atoms with E-state index in [1.54, 1.807) is 24.3 Å². The Balaban J connectivity index is 0.000000226. The molecule has 1 N–H and O–H groups in total. The number of methoxy groups -OCH3 is 3. The molecule has 0 unspecified atom stereocenters. The van der Waals surface area contributed by atoms with Gasteiger partial charge in [0, 0.05) is 0 Å². The highest BCUT2D eigenvalue weighted by Crippen LogP contribution is 2.25. The molecule has 0 amide bonds. The van der Waals surface area contributed by atoms with E-state index < -0.39 is 23.9 Å². The van der Waals surface area contributed by atoms with Gasteiger partial charge in [0.05, 0.1) is 43.6 Å². The molecule has 0 radical (unpaired) electrons. The van der Waals surface area contributed by atoms with E-state index >= 15 is 0 Å². The summed E-state index contributed by atoms with van der Waals surface area (Å²) in [6.07, 6.45) is 0. The molecule has 0 aliphatic rings. The average molecular weight is 555 g/mol. The number of carboxylic acids is 1. The van der Waals surface area contributed by atoms with Gasteiger partial charge in [-0.3, -0.25) is 0 Å². The van der Waals surface area contributed by atoms with Crippen LogP contribution in [0.25, 0.3) is 22.3 Å². The quantitative estimate of drug-likeness (QED) is 0.216. The average Bonchev–Trinajstić information content (AvgIpc) is 3.00. The van der Waals surface area contributed by atoms with Crippen LogP contribution in [0.3, 0.4) is 0 Å². The molecule has 41 heavy (non-hydrogen) atoms. The number of carbonyl (C=O) groups is 4. The normalized spacial score (nSPS) is 10.1. The molecular weight excluding hydrogens is 524 g/mol. The van der Waals surface area contributed by atoms with Crippen LogP contribution in [-0.4, -0.2) is 50.3 Å². The molecule has 0 atom stereocenters. The van der Waals surface area contributed by atoms with Crippen molar-refractivity contribution in [2.75, 3.05) is 21.3 Å². The van der Waals surface area contributed by atoms with Crippen LogP contribution in [0, 0.1) is 13.8 Å². The van der Waals surface area contributed by atoms with Crippen LogP contribution in [0.2, 0.25) is 0 Å². The maximum atomic E-state index is 11.7. The monoisotopic (exact) mass is 554 g/mol. The molecule has 0 aromatic heterocycles. The smallest absolute Gasteiger partial charge is 0.337 e. The topological polar surface area (TPSA) is 116 Å². The van der Waals surface area contributed by atoms with Gasteiger partial charge in [0.25, 0.3) is 0 Å². The summed E-state index contributed by atoms with van der Waals surface area (Å²) >= 11 is 0. The summed E-state index contributed by atoms with van der Waals surface area (Å²) < 4.78 is 14.1.